The van der Waals surface area contributed by atoms with Gasteiger partial charge in [-0.2, -0.15) is 0 Å². The van der Waals surface area contributed by atoms with Crippen molar-refractivity contribution in [3.8, 4) is 56.7 Å². The predicted octanol–water partition coefficient (Wildman–Crippen LogP) is 10.7. The van der Waals surface area contributed by atoms with Crippen LogP contribution in [0.15, 0.2) is 162 Å². The van der Waals surface area contributed by atoms with Crippen LogP contribution in [0, 0.1) is 0 Å². The molecule has 0 atom stereocenters. The number of nitrogens with zero attached hydrogens (tertiary/aromatic N) is 4. The van der Waals surface area contributed by atoms with Crippen LogP contribution in [0.5, 0.6) is 0 Å². The van der Waals surface area contributed by atoms with Gasteiger partial charge in [0.15, 0.2) is 23.1 Å². The fourth-order valence-electron chi connectivity index (χ4n) is 6.31. The minimum absolute atomic E-state index is 0.522. The van der Waals surface area contributed by atoms with Crippen molar-refractivity contribution in [3.05, 3.63) is 158 Å². The van der Waals surface area contributed by atoms with Crippen LogP contribution in [-0.4, -0.2) is 19.9 Å². The molecule has 0 fully saturated rings. The summed E-state index contributed by atoms with van der Waals surface area (Å²) >= 11 is 0. The van der Waals surface area contributed by atoms with E-state index in [1.165, 1.54) is 16.2 Å². The van der Waals surface area contributed by atoms with Gasteiger partial charge >= 0.3 is 0 Å². The van der Waals surface area contributed by atoms with Crippen LogP contribution in [0.1, 0.15) is 0 Å². The molecule has 0 N–H and O–H groups in total. The van der Waals surface area contributed by atoms with E-state index < -0.39 is 0 Å². The summed E-state index contributed by atoms with van der Waals surface area (Å²) in [6.45, 7) is 0. The van der Waals surface area contributed by atoms with Crippen molar-refractivity contribution in [2.75, 3.05) is 0 Å². The number of fused-ring (bicyclic) bond motifs is 4. The second-order valence-electron chi connectivity index (χ2n) is 11.5. The summed E-state index contributed by atoms with van der Waals surface area (Å²) in [5, 5.41) is 4.74. The Hall–Kier alpha value is -6.46. The third kappa shape index (κ3) is 4.73. The molecule has 0 radical (unpaired) electrons. The lowest BCUT2D eigenvalue weighted by Crippen LogP contribution is -2.00. The zero-order chi connectivity index (χ0) is 31.2. The van der Waals surface area contributed by atoms with E-state index in [9.17, 15) is 0 Å². The molecular weight excluding hydrogens is 576 g/mol. The van der Waals surface area contributed by atoms with Gasteiger partial charge in [-0.3, -0.25) is 0 Å². The highest BCUT2D eigenvalue weighted by molar-refractivity contribution is 6.16. The SMILES string of the molecule is c1ccc(-c2nc(-c3ccccc3)nc(-c3ccc(-c4cc5ccccc5c5ccccc45)c4nc(-c5ccccc5)oc34)n2)cc1. The first kappa shape index (κ1) is 26.9. The van der Waals surface area contributed by atoms with Gasteiger partial charge in [0.05, 0.1) is 5.56 Å². The van der Waals surface area contributed by atoms with Gasteiger partial charge < -0.3 is 4.42 Å². The fourth-order valence-corrected chi connectivity index (χ4v) is 6.31. The standard InChI is InChI=1S/C42H26N4O/c1-4-14-27(15-5-1)39-44-40(28-16-6-2-7-17-28)46-41(45-39)35-25-24-34(37-38(35)47-42(43-37)29-18-8-3-9-19-29)36-26-30-20-10-11-21-31(30)32-22-12-13-23-33(32)36/h1-26H. The minimum Gasteiger partial charge on any atom is -0.435 e. The maximum atomic E-state index is 6.68. The van der Waals surface area contributed by atoms with Crippen LogP contribution in [0.2, 0.25) is 0 Å². The molecule has 2 aromatic heterocycles. The van der Waals surface area contributed by atoms with Gasteiger partial charge in [-0.25, -0.2) is 19.9 Å². The van der Waals surface area contributed by atoms with Crippen molar-refractivity contribution < 1.29 is 4.42 Å². The third-order valence-corrected chi connectivity index (χ3v) is 8.56. The van der Waals surface area contributed by atoms with Crippen LogP contribution in [0.25, 0.3) is 89.4 Å². The molecule has 7 aromatic carbocycles. The van der Waals surface area contributed by atoms with Crippen LogP contribution < -0.4 is 0 Å². The summed E-state index contributed by atoms with van der Waals surface area (Å²) in [6, 6.07) is 53.5. The second-order valence-corrected chi connectivity index (χ2v) is 11.5. The molecule has 0 saturated heterocycles. The number of oxazole rings is 1. The molecule has 0 spiro atoms. The lowest BCUT2D eigenvalue weighted by atomic mass is 9.92. The van der Waals surface area contributed by atoms with E-state index in [0.29, 0.717) is 28.9 Å². The third-order valence-electron chi connectivity index (χ3n) is 8.56. The predicted molar refractivity (Wildman–Crippen MR) is 190 cm³/mol. The molecule has 0 aliphatic heterocycles. The summed E-state index contributed by atoms with van der Waals surface area (Å²) in [5.74, 6) is 2.25. The number of aromatic nitrogens is 4. The molecule has 0 unspecified atom stereocenters. The van der Waals surface area contributed by atoms with Gasteiger partial charge in [0.1, 0.15) is 5.52 Å². The largest absolute Gasteiger partial charge is 0.435 e. The average Bonchev–Trinajstić information content (AvgIpc) is 3.61. The number of rotatable bonds is 5. The van der Waals surface area contributed by atoms with Crippen molar-refractivity contribution in [1.29, 1.82) is 0 Å². The Kier molecular flexibility index (Phi) is 6.39. The van der Waals surface area contributed by atoms with Gasteiger partial charge in [0, 0.05) is 22.3 Å². The zero-order valence-corrected chi connectivity index (χ0v) is 25.2. The average molecular weight is 603 g/mol. The molecule has 47 heavy (non-hydrogen) atoms. The molecule has 0 amide bonds. The van der Waals surface area contributed by atoms with E-state index in [2.05, 4.69) is 66.7 Å². The Bertz CT molecular complexity index is 2500. The Morgan fingerprint density at radius 2 is 0.872 bits per heavy atom. The summed E-state index contributed by atoms with van der Waals surface area (Å²) in [6.07, 6.45) is 0. The highest BCUT2D eigenvalue weighted by atomic mass is 16.3. The molecule has 0 aliphatic carbocycles. The van der Waals surface area contributed by atoms with Crippen molar-refractivity contribution in [2.24, 2.45) is 0 Å². The molecule has 9 rings (SSSR count). The Morgan fingerprint density at radius 3 is 1.53 bits per heavy atom. The zero-order valence-electron chi connectivity index (χ0n) is 25.2. The molecule has 0 aliphatic rings. The van der Waals surface area contributed by atoms with E-state index in [-0.39, 0.29) is 0 Å². The molecule has 2 heterocycles. The van der Waals surface area contributed by atoms with Crippen molar-refractivity contribution in [2.45, 2.75) is 0 Å². The first-order chi connectivity index (χ1) is 23.3. The van der Waals surface area contributed by atoms with E-state index in [1.807, 2.05) is 91.0 Å². The highest BCUT2D eigenvalue weighted by Gasteiger charge is 2.22. The lowest BCUT2D eigenvalue weighted by molar-refractivity contribution is 0.620. The Morgan fingerprint density at radius 1 is 0.362 bits per heavy atom. The Balaban J connectivity index is 1.33. The number of hydrogen-bond donors (Lipinski definition) is 0. The monoisotopic (exact) mass is 602 g/mol. The first-order valence-corrected chi connectivity index (χ1v) is 15.6. The van der Waals surface area contributed by atoms with E-state index in [1.54, 1.807) is 0 Å². The van der Waals surface area contributed by atoms with E-state index >= 15 is 0 Å². The fraction of sp³-hybridized carbons (Fsp3) is 0. The molecule has 220 valence electrons. The van der Waals surface area contributed by atoms with Gasteiger partial charge in [-0.1, -0.05) is 133 Å². The highest BCUT2D eigenvalue weighted by Crippen LogP contribution is 2.42. The molecule has 9 aromatic rings. The van der Waals surface area contributed by atoms with Gasteiger partial charge in [0.25, 0.3) is 0 Å². The van der Waals surface area contributed by atoms with Crippen LogP contribution in [0.4, 0.5) is 0 Å². The first-order valence-electron chi connectivity index (χ1n) is 15.6. The summed E-state index contributed by atoms with van der Waals surface area (Å²) in [7, 11) is 0. The van der Waals surface area contributed by atoms with Gasteiger partial charge in [-0.15, -0.1) is 0 Å². The second kappa shape index (κ2) is 11.2. The van der Waals surface area contributed by atoms with Crippen molar-refractivity contribution >= 4 is 32.6 Å². The Labute approximate surface area is 270 Å². The minimum atomic E-state index is 0.522. The van der Waals surface area contributed by atoms with Crippen LogP contribution >= 0.6 is 0 Å². The maximum absolute atomic E-state index is 6.68. The number of benzene rings is 7. The van der Waals surface area contributed by atoms with Gasteiger partial charge in [-0.05, 0) is 51.4 Å². The molecule has 0 bridgehead atoms. The van der Waals surface area contributed by atoms with Crippen LogP contribution in [0.3, 0.4) is 0 Å². The molecule has 0 saturated carbocycles. The quantitative estimate of drug-likeness (QED) is 0.183. The van der Waals surface area contributed by atoms with E-state index in [4.69, 9.17) is 24.4 Å². The molecule has 5 heteroatoms. The topological polar surface area (TPSA) is 64.7 Å². The normalized spacial score (nSPS) is 11.4. The van der Waals surface area contributed by atoms with Crippen molar-refractivity contribution in [3.63, 3.8) is 0 Å². The molecule has 5 nitrogen and oxygen atoms in total. The summed E-state index contributed by atoms with van der Waals surface area (Å²) in [4.78, 5) is 20.1. The summed E-state index contributed by atoms with van der Waals surface area (Å²) < 4.78 is 6.68. The van der Waals surface area contributed by atoms with Crippen LogP contribution in [-0.2, 0) is 0 Å². The summed E-state index contributed by atoms with van der Waals surface area (Å²) in [5.41, 5.74) is 6.92. The lowest BCUT2D eigenvalue weighted by Gasteiger charge is -2.13. The smallest absolute Gasteiger partial charge is 0.227 e. The van der Waals surface area contributed by atoms with Crippen molar-refractivity contribution in [1.82, 2.24) is 19.9 Å². The maximum Gasteiger partial charge on any atom is 0.227 e. The van der Waals surface area contributed by atoms with E-state index in [0.717, 1.165) is 44.3 Å². The number of hydrogen-bond acceptors (Lipinski definition) is 5. The molecular formula is C42H26N4O. The van der Waals surface area contributed by atoms with Gasteiger partial charge in [0.2, 0.25) is 5.89 Å².